The molecule has 0 amide bonds. The summed E-state index contributed by atoms with van der Waals surface area (Å²) in [5.41, 5.74) is 2.68. The Morgan fingerprint density at radius 1 is 1.20 bits per heavy atom. The van der Waals surface area contributed by atoms with Crippen LogP contribution in [0.5, 0.6) is 0 Å². The standard InChI is InChI=1S/C16H15ClN2O/c1-2-14(11-6-4-3-5-7-11)19-15-10-12(17)8-9-13(15)18-16(19)20/h3-10,14H,2H2,1H3,(H,18,20). The first kappa shape index (κ1) is 13.0. The van der Waals surface area contributed by atoms with E-state index in [2.05, 4.69) is 11.9 Å². The maximum Gasteiger partial charge on any atom is 0.327 e. The molecule has 0 aliphatic carbocycles. The van der Waals surface area contributed by atoms with Crippen LogP contribution in [-0.2, 0) is 0 Å². The van der Waals surface area contributed by atoms with Gasteiger partial charge in [0, 0.05) is 5.02 Å². The summed E-state index contributed by atoms with van der Waals surface area (Å²) in [6.45, 7) is 2.08. The van der Waals surface area contributed by atoms with Crippen LogP contribution in [0.15, 0.2) is 53.3 Å². The number of halogens is 1. The summed E-state index contributed by atoms with van der Waals surface area (Å²) in [6, 6.07) is 15.5. The van der Waals surface area contributed by atoms with E-state index in [0.717, 1.165) is 23.0 Å². The minimum Gasteiger partial charge on any atom is -0.306 e. The van der Waals surface area contributed by atoms with Gasteiger partial charge in [0.1, 0.15) is 0 Å². The van der Waals surface area contributed by atoms with Gasteiger partial charge in [-0.15, -0.1) is 0 Å². The fourth-order valence-corrected chi connectivity index (χ4v) is 2.81. The third-order valence-electron chi connectivity index (χ3n) is 3.56. The molecule has 1 unspecified atom stereocenters. The van der Waals surface area contributed by atoms with Gasteiger partial charge in [0.2, 0.25) is 0 Å². The third kappa shape index (κ3) is 2.14. The number of aromatic amines is 1. The highest BCUT2D eigenvalue weighted by Crippen LogP contribution is 2.25. The zero-order chi connectivity index (χ0) is 14.1. The van der Waals surface area contributed by atoms with E-state index in [1.54, 1.807) is 10.6 Å². The van der Waals surface area contributed by atoms with Crippen molar-refractivity contribution in [1.82, 2.24) is 9.55 Å². The lowest BCUT2D eigenvalue weighted by molar-refractivity contribution is 0.565. The molecular weight excluding hydrogens is 272 g/mol. The van der Waals surface area contributed by atoms with E-state index in [9.17, 15) is 4.79 Å². The van der Waals surface area contributed by atoms with Gasteiger partial charge in [-0.3, -0.25) is 4.57 Å². The van der Waals surface area contributed by atoms with Gasteiger partial charge in [-0.25, -0.2) is 4.79 Å². The Morgan fingerprint density at radius 3 is 2.65 bits per heavy atom. The van der Waals surface area contributed by atoms with Crippen molar-refractivity contribution in [3.8, 4) is 0 Å². The Labute approximate surface area is 121 Å². The fourth-order valence-electron chi connectivity index (χ4n) is 2.65. The molecule has 1 atom stereocenters. The summed E-state index contributed by atoms with van der Waals surface area (Å²) in [4.78, 5) is 15.2. The van der Waals surface area contributed by atoms with Gasteiger partial charge in [-0.05, 0) is 30.2 Å². The predicted molar refractivity (Wildman–Crippen MR) is 82.4 cm³/mol. The second-order valence-electron chi connectivity index (χ2n) is 4.80. The zero-order valence-electron chi connectivity index (χ0n) is 11.1. The highest BCUT2D eigenvalue weighted by Gasteiger charge is 2.17. The van der Waals surface area contributed by atoms with Crippen molar-refractivity contribution in [2.24, 2.45) is 0 Å². The number of nitrogens with one attached hydrogen (secondary N) is 1. The van der Waals surface area contributed by atoms with Crippen molar-refractivity contribution in [1.29, 1.82) is 0 Å². The molecule has 0 spiro atoms. The van der Waals surface area contributed by atoms with Crippen LogP contribution in [0.4, 0.5) is 0 Å². The fraction of sp³-hybridized carbons (Fsp3) is 0.188. The molecule has 20 heavy (non-hydrogen) atoms. The number of hydrogen-bond donors (Lipinski definition) is 1. The van der Waals surface area contributed by atoms with Crippen molar-refractivity contribution in [2.45, 2.75) is 19.4 Å². The van der Waals surface area contributed by atoms with E-state index < -0.39 is 0 Å². The first-order valence-corrected chi connectivity index (χ1v) is 7.03. The molecule has 0 saturated carbocycles. The quantitative estimate of drug-likeness (QED) is 0.777. The number of benzene rings is 2. The third-order valence-corrected chi connectivity index (χ3v) is 3.80. The van der Waals surface area contributed by atoms with Crippen molar-refractivity contribution in [2.75, 3.05) is 0 Å². The van der Waals surface area contributed by atoms with Crippen molar-refractivity contribution >= 4 is 22.6 Å². The van der Waals surface area contributed by atoms with Crippen molar-refractivity contribution in [3.63, 3.8) is 0 Å². The van der Waals surface area contributed by atoms with Gasteiger partial charge < -0.3 is 4.98 Å². The number of nitrogens with zero attached hydrogens (tertiary/aromatic N) is 1. The molecule has 0 fully saturated rings. The largest absolute Gasteiger partial charge is 0.327 e. The van der Waals surface area contributed by atoms with Gasteiger partial charge >= 0.3 is 5.69 Å². The van der Waals surface area contributed by atoms with Crippen LogP contribution in [0.1, 0.15) is 24.9 Å². The van der Waals surface area contributed by atoms with Crippen LogP contribution < -0.4 is 5.69 Å². The van der Waals surface area contributed by atoms with E-state index in [-0.39, 0.29) is 11.7 Å². The number of H-pyrrole nitrogens is 1. The normalized spacial score (nSPS) is 12.7. The molecule has 4 heteroatoms. The van der Waals surface area contributed by atoms with E-state index in [0.29, 0.717) is 5.02 Å². The molecule has 1 aromatic heterocycles. The lowest BCUT2D eigenvalue weighted by atomic mass is 10.0. The average molecular weight is 287 g/mol. The molecule has 0 radical (unpaired) electrons. The van der Waals surface area contributed by atoms with Gasteiger partial charge in [-0.2, -0.15) is 0 Å². The average Bonchev–Trinajstić information content (AvgIpc) is 2.77. The Kier molecular flexibility index (Phi) is 3.36. The minimum atomic E-state index is -0.0991. The van der Waals surface area contributed by atoms with E-state index >= 15 is 0 Å². The van der Waals surface area contributed by atoms with Gasteiger partial charge in [0.25, 0.3) is 0 Å². The highest BCUT2D eigenvalue weighted by molar-refractivity contribution is 6.31. The summed E-state index contributed by atoms with van der Waals surface area (Å²) in [6.07, 6.45) is 0.837. The molecule has 0 aliphatic heterocycles. The molecule has 102 valence electrons. The molecule has 0 bridgehead atoms. The molecule has 3 rings (SSSR count). The number of aromatic nitrogens is 2. The number of hydrogen-bond acceptors (Lipinski definition) is 1. The van der Waals surface area contributed by atoms with Gasteiger partial charge in [-0.1, -0.05) is 48.9 Å². The number of imidazole rings is 1. The lowest BCUT2D eigenvalue weighted by Gasteiger charge is -2.17. The molecular formula is C16H15ClN2O. The second kappa shape index (κ2) is 5.17. The molecule has 2 aromatic carbocycles. The first-order chi connectivity index (χ1) is 9.70. The van der Waals surface area contributed by atoms with Gasteiger partial charge in [0.05, 0.1) is 17.1 Å². The summed E-state index contributed by atoms with van der Waals surface area (Å²) in [5.74, 6) is 0. The van der Waals surface area contributed by atoms with Crippen molar-refractivity contribution in [3.05, 3.63) is 69.6 Å². The lowest BCUT2D eigenvalue weighted by Crippen LogP contribution is -2.22. The monoisotopic (exact) mass is 286 g/mol. The van der Waals surface area contributed by atoms with Crippen LogP contribution in [0.3, 0.4) is 0 Å². The van der Waals surface area contributed by atoms with Crippen molar-refractivity contribution < 1.29 is 0 Å². The molecule has 0 saturated heterocycles. The topological polar surface area (TPSA) is 37.8 Å². The molecule has 1 heterocycles. The molecule has 3 nitrogen and oxygen atoms in total. The summed E-state index contributed by atoms with van der Waals surface area (Å²) < 4.78 is 1.79. The molecule has 0 aliphatic rings. The molecule has 1 N–H and O–H groups in total. The number of fused-ring (bicyclic) bond motifs is 1. The van der Waals surface area contributed by atoms with Crippen LogP contribution in [-0.4, -0.2) is 9.55 Å². The van der Waals surface area contributed by atoms with E-state index in [1.165, 1.54) is 0 Å². The van der Waals surface area contributed by atoms with Crippen LogP contribution in [0.2, 0.25) is 5.02 Å². The van der Waals surface area contributed by atoms with Crippen LogP contribution in [0.25, 0.3) is 11.0 Å². The number of rotatable bonds is 3. The zero-order valence-corrected chi connectivity index (χ0v) is 11.9. The second-order valence-corrected chi connectivity index (χ2v) is 5.23. The maximum atomic E-state index is 12.3. The Hall–Kier alpha value is -2.00. The van der Waals surface area contributed by atoms with Crippen LogP contribution >= 0.6 is 11.6 Å². The first-order valence-electron chi connectivity index (χ1n) is 6.65. The molecule has 3 aromatic rings. The van der Waals surface area contributed by atoms with E-state index in [4.69, 9.17) is 11.6 Å². The van der Waals surface area contributed by atoms with Crippen LogP contribution in [0, 0.1) is 0 Å². The Balaban J connectivity index is 2.24. The predicted octanol–water partition coefficient (Wildman–Crippen LogP) is 3.98. The summed E-state index contributed by atoms with van der Waals surface area (Å²) in [7, 11) is 0. The SMILES string of the molecule is CCC(c1ccccc1)n1c(=O)[nH]c2ccc(Cl)cc21. The van der Waals surface area contributed by atoms with E-state index in [1.807, 2.05) is 42.5 Å². The summed E-state index contributed by atoms with van der Waals surface area (Å²) in [5, 5.41) is 0.633. The maximum absolute atomic E-state index is 12.3. The Bertz CT molecular complexity index is 789. The highest BCUT2D eigenvalue weighted by atomic mass is 35.5. The smallest absolute Gasteiger partial charge is 0.306 e. The Morgan fingerprint density at radius 2 is 1.95 bits per heavy atom. The van der Waals surface area contributed by atoms with Gasteiger partial charge in [0.15, 0.2) is 0 Å². The summed E-state index contributed by atoms with van der Waals surface area (Å²) >= 11 is 6.06. The minimum absolute atomic E-state index is 0.0101.